The molecule has 2 heterocycles. The van der Waals surface area contributed by atoms with Crippen LogP contribution in [0.2, 0.25) is 0 Å². The molecule has 0 aliphatic carbocycles. The average Bonchev–Trinajstić information content (AvgIpc) is 3.32. The first-order valence-electron chi connectivity index (χ1n) is 8.86. The van der Waals surface area contributed by atoms with Gasteiger partial charge in [0.1, 0.15) is 5.76 Å². The maximum atomic E-state index is 12.7. The molecular weight excluding hydrogens is 344 g/mol. The van der Waals surface area contributed by atoms with E-state index in [4.69, 9.17) is 8.83 Å². The molecule has 0 spiro atoms. The summed E-state index contributed by atoms with van der Waals surface area (Å²) in [5.41, 5.74) is 0.964. The largest absolute Gasteiger partial charge is 0.468 e. The quantitative estimate of drug-likeness (QED) is 0.658. The van der Waals surface area contributed by atoms with Gasteiger partial charge in [-0.3, -0.25) is 9.69 Å². The minimum Gasteiger partial charge on any atom is -0.468 e. The number of carbonyl (C=O) groups excluding carboxylic acids is 1. The SMILES string of the molecule is Cc1nnc(C(CC(=O)NCC(c2ccco2)N(C)C)c2ccccc2)o1. The number of nitrogens with zero attached hydrogens (tertiary/aromatic N) is 3. The lowest BCUT2D eigenvalue weighted by molar-refractivity contribution is -0.121. The molecule has 7 heteroatoms. The summed E-state index contributed by atoms with van der Waals surface area (Å²) in [4.78, 5) is 14.7. The maximum Gasteiger partial charge on any atom is 0.224 e. The van der Waals surface area contributed by atoms with E-state index < -0.39 is 0 Å². The number of carbonyl (C=O) groups is 1. The number of amides is 1. The summed E-state index contributed by atoms with van der Waals surface area (Å²) in [7, 11) is 3.90. The molecule has 27 heavy (non-hydrogen) atoms. The molecule has 0 radical (unpaired) electrons. The van der Waals surface area contributed by atoms with Gasteiger partial charge in [-0.05, 0) is 31.8 Å². The second kappa shape index (κ2) is 8.64. The zero-order valence-corrected chi connectivity index (χ0v) is 15.8. The summed E-state index contributed by atoms with van der Waals surface area (Å²) < 4.78 is 11.1. The Morgan fingerprint density at radius 3 is 2.52 bits per heavy atom. The fourth-order valence-corrected chi connectivity index (χ4v) is 2.97. The molecule has 1 aromatic carbocycles. The van der Waals surface area contributed by atoms with Gasteiger partial charge in [0.15, 0.2) is 0 Å². The smallest absolute Gasteiger partial charge is 0.224 e. The van der Waals surface area contributed by atoms with Gasteiger partial charge in [0.25, 0.3) is 0 Å². The Morgan fingerprint density at radius 1 is 1.15 bits per heavy atom. The van der Waals surface area contributed by atoms with E-state index in [1.54, 1.807) is 13.2 Å². The minimum absolute atomic E-state index is 0.0372. The van der Waals surface area contributed by atoms with Gasteiger partial charge in [0, 0.05) is 19.9 Å². The van der Waals surface area contributed by atoms with Crippen molar-refractivity contribution in [2.75, 3.05) is 20.6 Å². The topological polar surface area (TPSA) is 84.4 Å². The van der Waals surface area contributed by atoms with Gasteiger partial charge in [-0.2, -0.15) is 0 Å². The van der Waals surface area contributed by atoms with Crippen LogP contribution < -0.4 is 5.32 Å². The van der Waals surface area contributed by atoms with E-state index in [2.05, 4.69) is 15.5 Å². The van der Waals surface area contributed by atoms with Crippen molar-refractivity contribution in [3.8, 4) is 0 Å². The van der Waals surface area contributed by atoms with Crippen LogP contribution in [0.5, 0.6) is 0 Å². The first kappa shape index (κ1) is 18.8. The van der Waals surface area contributed by atoms with Crippen LogP contribution in [0, 0.1) is 6.92 Å². The van der Waals surface area contributed by atoms with Crippen LogP contribution in [-0.2, 0) is 4.79 Å². The fourth-order valence-electron chi connectivity index (χ4n) is 2.97. The first-order chi connectivity index (χ1) is 13.0. The average molecular weight is 368 g/mol. The van der Waals surface area contributed by atoms with Crippen LogP contribution in [0.3, 0.4) is 0 Å². The van der Waals surface area contributed by atoms with E-state index in [9.17, 15) is 4.79 Å². The summed E-state index contributed by atoms with van der Waals surface area (Å²) in [5, 5.41) is 11.0. The van der Waals surface area contributed by atoms with Crippen molar-refractivity contribution in [2.24, 2.45) is 0 Å². The third-order valence-electron chi connectivity index (χ3n) is 4.42. The second-order valence-electron chi connectivity index (χ2n) is 6.63. The highest BCUT2D eigenvalue weighted by Gasteiger charge is 2.24. The van der Waals surface area contributed by atoms with Crippen LogP contribution >= 0.6 is 0 Å². The normalized spacial score (nSPS) is 13.5. The van der Waals surface area contributed by atoms with Crippen molar-refractivity contribution in [3.05, 3.63) is 71.8 Å². The Bertz CT molecular complexity index is 843. The predicted octanol–water partition coefficient (Wildman–Crippen LogP) is 2.91. The summed E-state index contributed by atoms with van der Waals surface area (Å²) >= 11 is 0. The number of hydrogen-bond donors (Lipinski definition) is 1. The highest BCUT2D eigenvalue weighted by atomic mass is 16.4. The van der Waals surface area contributed by atoms with E-state index in [1.807, 2.05) is 61.5 Å². The summed E-state index contributed by atoms with van der Waals surface area (Å²) in [6.45, 7) is 2.19. The van der Waals surface area contributed by atoms with Crippen LogP contribution in [-0.4, -0.2) is 41.6 Å². The monoisotopic (exact) mass is 368 g/mol. The Kier molecular flexibility index (Phi) is 6.03. The molecule has 2 unspecified atom stereocenters. The minimum atomic E-state index is -0.284. The van der Waals surface area contributed by atoms with E-state index in [-0.39, 0.29) is 24.3 Å². The summed E-state index contributed by atoms with van der Waals surface area (Å²) in [5.74, 6) is 1.38. The van der Waals surface area contributed by atoms with Crippen LogP contribution in [0.1, 0.15) is 41.5 Å². The Balaban J connectivity index is 1.69. The standard InChI is InChI=1S/C20H24N4O3/c1-14-22-23-20(27-14)16(15-8-5-4-6-9-15)12-19(25)21-13-17(24(2)3)18-10-7-11-26-18/h4-11,16-17H,12-13H2,1-3H3,(H,21,25). The molecule has 0 aliphatic rings. The second-order valence-corrected chi connectivity index (χ2v) is 6.63. The van der Waals surface area contributed by atoms with Crippen molar-refractivity contribution in [3.63, 3.8) is 0 Å². The van der Waals surface area contributed by atoms with Crippen molar-refractivity contribution < 1.29 is 13.6 Å². The van der Waals surface area contributed by atoms with Crippen molar-refractivity contribution >= 4 is 5.91 Å². The van der Waals surface area contributed by atoms with Gasteiger partial charge >= 0.3 is 0 Å². The third kappa shape index (κ3) is 4.83. The molecule has 0 saturated heterocycles. The third-order valence-corrected chi connectivity index (χ3v) is 4.42. The van der Waals surface area contributed by atoms with E-state index in [1.165, 1.54) is 0 Å². The van der Waals surface area contributed by atoms with Crippen LogP contribution in [0.4, 0.5) is 0 Å². The molecule has 142 valence electrons. The molecule has 2 aromatic heterocycles. The lowest BCUT2D eigenvalue weighted by Gasteiger charge is -2.23. The summed E-state index contributed by atoms with van der Waals surface area (Å²) in [6, 6.07) is 13.4. The number of likely N-dealkylation sites (N-methyl/N-ethyl adjacent to an activating group) is 1. The highest BCUT2D eigenvalue weighted by Crippen LogP contribution is 2.27. The first-order valence-corrected chi connectivity index (χ1v) is 8.86. The van der Waals surface area contributed by atoms with E-state index in [0.29, 0.717) is 18.3 Å². The number of furan rings is 1. The highest BCUT2D eigenvalue weighted by molar-refractivity contribution is 5.77. The molecule has 0 fully saturated rings. The number of nitrogens with one attached hydrogen (secondary N) is 1. The molecular formula is C20H24N4O3. The maximum absolute atomic E-state index is 12.7. The van der Waals surface area contributed by atoms with Gasteiger partial charge in [-0.15, -0.1) is 10.2 Å². The van der Waals surface area contributed by atoms with Gasteiger partial charge in [0.2, 0.25) is 17.7 Å². The van der Waals surface area contributed by atoms with Gasteiger partial charge in [-0.1, -0.05) is 30.3 Å². The number of aryl methyl sites for hydroxylation is 1. The zero-order valence-electron chi connectivity index (χ0n) is 15.8. The van der Waals surface area contributed by atoms with E-state index >= 15 is 0 Å². The number of hydrogen-bond acceptors (Lipinski definition) is 6. The Hall–Kier alpha value is -2.93. The van der Waals surface area contributed by atoms with Crippen molar-refractivity contribution in [2.45, 2.75) is 25.3 Å². The van der Waals surface area contributed by atoms with Gasteiger partial charge in [0.05, 0.1) is 18.2 Å². The molecule has 0 aliphatic heterocycles. The lowest BCUT2D eigenvalue weighted by atomic mass is 9.95. The zero-order chi connectivity index (χ0) is 19.2. The predicted molar refractivity (Wildman–Crippen MR) is 100 cm³/mol. The Labute approximate surface area is 158 Å². The van der Waals surface area contributed by atoms with Gasteiger partial charge in [-0.25, -0.2) is 0 Å². The molecule has 7 nitrogen and oxygen atoms in total. The van der Waals surface area contributed by atoms with Crippen LogP contribution in [0.15, 0.2) is 57.6 Å². The molecule has 0 bridgehead atoms. The van der Waals surface area contributed by atoms with Gasteiger partial charge < -0.3 is 14.2 Å². The van der Waals surface area contributed by atoms with E-state index in [0.717, 1.165) is 11.3 Å². The molecule has 3 rings (SSSR count). The molecule has 1 N–H and O–H groups in total. The molecule has 1 amide bonds. The van der Waals surface area contributed by atoms with Crippen molar-refractivity contribution in [1.29, 1.82) is 0 Å². The molecule has 2 atom stereocenters. The van der Waals surface area contributed by atoms with Crippen LogP contribution in [0.25, 0.3) is 0 Å². The summed E-state index contributed by atoms with van der Waals surface area (Å²) in [6.07, 6.45) is 1.86. The number of aromatic nitrogens is 2. The fraction of sp³-hybridized carbons (Fsp3) is 0.350. The Morgan fingerprint density at radius 2 is 1.93 bits per heavy atom. The number of benzene rings is 1. The number of rotatable bonds is 8. The van der Waals surface area contributed by atoms with Crippen molar-refractivity contribution in [1.82, 2.24) is 20.4 Å². The molecule has 0 saturated carbocycles. The lowest BCUT2D eigenvalue weighted by Crippen LogP contribution is -2.35. The molecule has 3 aromatic rings.